The lowest BCUT2D eigenvalue weighted by atomic mass is 10.0. The molecule has 30 heavy (non-hydrogen) atoms. The quantitative estimate of drug-likeness (QED) is 0.605. The lowest BCUT2D eigenvalue weighted by molar-refractivity contribution is -0.00644. The number of H-pyrrole nitrogens is 1. The van der Waals surface area contributed by atoms with Crippen LogP contribution in [-0.4, -0.2) is 60.3 Å². The molecule has 2 unspecified atom stereocenters. The van der Waals surface area contributed by atoms with Gasteiger partial charge in [0.15, 0.2) is 6.04 Å². The number of aryl methyl sites for hydroxylation is 1. The molecule has 0 aliphatic carbocycles. The van der Waals surface area contributed by atoms with E-state index in [9.17, 15) is 4.39 Å². The molecule has 0 saturated carbocycles. The summed E-state index contributed by atoms with van der Waals surface area (Å²) in [6, 6.07) is 8.85. The molecule has 4 rings (SSSR count). The van der Waals surface area contributed by atoms with E-state index in [4.69, 9.17) is 9.72 Å². The lowest BCUT2D eigenvalue weighted by Crippen LogP contribution is -2.59. The van der Waals surface area contributed by atoms with Gasteiger partial charge in [-0.15, -0.1) is 0 Å². The van der Waals surface area contributed by atoms with Crippen LogP contribution < -0.4 is 9.38 Å². The number of hydrogen-bond acceptors (Lipinski definition) is 5. The summed E-state index contributed by atoms with van der Waals surface area (Å²) in [4.78, 5) is 18.6. The summed E-state index contributed by atoms with van der Waals surface area (Å²) in [6.07, 6.45) is 7.22. The molecule has 1 fully saturated rings. The number of morpholine rings is 1. The zero-order chi connectivity index (χ0) is 21.0. The van der Waals surface area contributed by atoms with Crippen molar-refractivity contribution in [3.63, 3.8) is 0 Å². The number of hydrogen-bond donors (Lipinski definition) is 1. The van der Waals surface area contributed by atoms with Crippen LogP contribution in [0.25, 0.3) is 0 Å². The normalized spacial score (nSPS) is 21.5. The van der Waals surface area contributed by atoms with Crippen LogP contribution in [0.2, 0.25) is 0 Å². The maximum atomic E-state index is 13.7. The van der Waals surface area contributed by atoms with Crippen molar-refractivity contribution in [3.05, 3.63) is 66.3 Å². The molecule has 2 aromatic heterocycles. The van der Waals surface area contributed by atoms with Crippen LogP contribution in [0.3, 0.4) is 0 Å². The number of nitrogens with zero attached hydrogens (tertiary/aromatic N) is 5. The fourth-order valence-electron chi connectivity index (χ4n) is 4.23. The number of imidazole rings is 1. The van der Waals surface area contributed by atoms with Gasteiger partial charge < -0.3 is 14.6 Å². The minimum Gasteiger partial charge on any atom is -0.369 e. The second-order valence-corrected chi connectivity index (χ2v) is 7.86. The van der Waals surface area contributed by atoms with Gasteiger partial charge in [0.1, 0.15) is 36.2 Å². The first kappa shape index (κ1) is 20.4. The third kappa shape index (κ3) is 4.20. The van der Waals surface area contributed by atoms with E-state index in [1.54, 1.807) is 24.5 Å². The number of ether oxygens (including phenoxy) is 1. The summed E-state index contributed by atoms with van der Waals surface area (Å²) >= 11 is 0. The molecule has 3 aromatic rings. The number of halogens is 1. The minimum atomic E-state index is -0.228. The Morgan fingerprint density at radius 1 is 1.17 bits per heavy atom. The second kappa shape index (κ2) is 8.89. The molecule has 3 heterocycles. The number of nitrogens with one attached hydrogen (secondary N) is 1. The zero-order valence-electron chi connectivity index (χ0n) is 17.5. The van der Waals surface area contributed by atoms with Gasteiger partial charge in [0.25, 0.3) is 0 Å². The summed E-state index contributed by atoms with van der Waals surface area (Å²) < 4.78 is 20.3. The highest BCUT2D eigenvalue weighted by Crippen LogP contribution is 2.38. The highest BCUT2D eigenvalue weighted by molar-refractivity contribution is 5.46. The zero-order valence-corrected chi connectivity index (χ0v) is 17.5. The largest absolute Gasteiger partial charge is 0.369 e. The van der Waals surface area contributed by atoms with Gasteiger partial charge >= 0.3 is 0 Å². The molecule has 0 spiro atoms. The monoisotopic (exact) mass is 411 g/mol. The third-order valence-corrected chi connectivity index (χ3v) is 5.78. The average molecular weight is 412 g/mol. The van der Waals surface area contributed by atoms with Gasteiger partial charge in [0.2, 0.25) is 5.95 Å². The first-order valence-electron chi connectivity index (χ1n) is 10.3. The van der Waals surface area contributed by atoms with E-state index in [-0.39, 0.29) is 11.9 Å². The van der Waals surface area contributed by atoms with Gasteiger partial charge in [-0.3, -0.25) is 4.48 Å². The fourth-order valence-corrected chi connectivity index (χ4v) is 4.23. The summed E-state index contributed by atoms with van der Waals surface area (Å²) in [5, 5.41) is 0. The smallest absolute Gasteiger partial charge is 0.225 e. The summed E-state index contributed by atoms with van der Waals surface area (Å²) in [7, 11) is 3.86. The van der Waals surface area contributed by atoms with E-state index >= 15 is 0 Å². The third-order valence-electron chi connectivity index (χ3n) is 5.78. The van der Waals surface area contributed by atoms with Crippen molar-refractivity contribution in [3.8, 4) is 0 Å². The molecular weight excluding hydrogens is 383 g/mol. The van der Waals surface area contributed by atoms with Crippen LogP contribution in [0.5, 0.6) is 0 Å². The van der Waals surface area contributed by atoms with Gasteiger partial charge in [0, 0.05) is 57.7 Å². The fraction of sp³-hybridized carbons (Fsp3) is 0.409. The minimum absolute atomic E-state index is 0.00233. The first-order chi connectivity index (χ1) is 14.6. The van der Waals surface area contributed by atoms with E-state index in [2.05, 4.69) is 15.0 Å². The SMILES string of the molecule is CN(C)c1nccc(C2COCC[N+]2(CCCc2ncc[nH]2)c2ccc(F)cc2)n1. The van der Waals surface area contributed by atoms with Crippen LogP contribution in [0.1, 0.15) is 24.0 Å². The molecule has 1 aliphatic heterocycles. The molecule has 1 aromatic carbocycles. The summed E-state index contributed by atoms with van der Waals surface area (Å²) in [5.74, 6) is 1.43. The topological polar surface area (TPSA) is 66.9 Å². The van der Waals surface area contributed by atoms with E-state index in [0.717, 1.165) is 43.1 Å². The van der Waals surface area contributed by atoms with Gasteiger partial charge in [0.05, 0.1) is 13.2 Å². The highest BCUT2D eigenvalue weighted by atomic mass is 19.1. The van der Waals surface area contributed by atoms with Gasteiger partial charge in [-0.2, -0.15) is 0 Å². The molecule has 0 amide bonds. The average Bonchev–Trinajstić information content (AvgIpc) is 3.28. The number of aromatic nitrogens is 4. The number of quaternary nitrogens is 1. The molecule has 1 aliphatic rings. The number of aromatic amines is 1. The Labute approximate surface area is 176 Å². The number of rotatable bonds is 7. The van der Waals surface area contributed by atoms with Gasteiger partial charge in [-0.1, -0.05) is 0 Å². The maximum Gasteiger partial charge on any atom is 0.225 e. The first-order valence-corrected chi connectivity index (χ1v) is 10.3. The Kier molecular flexibility index (Phi) is 6.06. The van der Waals surface area contributed by atoms with Crippen LogP contribution in [0.15, 0.2) is 48.9 Å². The second-order valence-electron chi connectivity index (χ2n) is 7.86. The Morgan fingerprint density at radius 3 is 2.73 bits per heavy atom. The van der Waals surface area contributed by atoms with E-state index < -0.39 is 0 Å². The highest BCUT2D eigenvalue weighted by Gasteiger charge is 2.43. The van der Waals surface area contributed by atoms with Crippen LogP contribution in [-0.2, 0) is 11.2 Å². The van der Waals surface area contributed by atoms with E-state index in [0.29, 0.717) is 23.6 Å². The molecule has 2 atom stereocenters. The van der Waals surface area contributed by atoms with Crippen molar-refractivity contribution < 1.29 is 9.13 Å². The van der Waals surface area contributed by atoms with Crippen molar-refractivity contribution in [1.29, 1.82) is 0 Å². The van der Waals surface area contributed by atoms with Crippen LogP contribution >= 0.6 is 0 Å². The molecule has 1 N–H and O–H groups in total. The van der Waals surface area contributed by atoms with E-state index in [1.807, 2.05) is 43.4 Å². The van der Waals surface area contributed by atoms with Gasteiger partial charge in [-0.25, -0.2) is 19.3 Å². The Hall–Kier alpha value is -2.84. The standard InChI is InChI=1S/C22H28FN6O/c1-28(2)22-26-10-9-19(27-22)20-16-30-15-14-29(20,18-7-5-17(23)6-8-18)13-3-4-21-24-11-12-25-21/h5-12,20H,3-4,13-16H2,1-2H3,(H,24,25)/q+1. The van der Waals surface area contributed by atoms with Crippen molar-refractivity contribution in [2.45, 2.75) is 18.9 Å². The van der Waals surface area contributed by atoms with Crippen LogP contribution in [0.4, 0.5) is 16.0 Å². The Bertz CT molecular complexity index is 947. The van der Waals surface area contributed by atoms with Crippen LogP contribution in [0, 0.1) is 5.82 Å². The molecular formula is C22H28FN6O+. The van der Waals surface area contributed by atoms with Crippen molar-refractivity contribution in [1.82, 2.24) is 24.4 Å². The molecule has 0 radical (unpaired) electrons. The maximum absolute atomic E-state index is 13.7. The molecule has 8 heteroatoms. The van der Waals surface area contributed by atoms with Crippen molar-refractivity contribution in [2.75, 3.05) is 45.3 Å². The summed E-state index contributed by atoms with van der Waals surface area (Å²) in [6.45, 7) is 2.89. The van der Waals surface area contributed by atoms with Crippen molar-refractivity contribution >= 4 is 11.6 Å². The molecule has 158 valence electrons. The van der Waals surface area contributed by atoms with E-state index in [1.165, 1.54) is 0 Å². The predicted octanol–water partition coefficient (Wildman–Crippen LogP) is 3.12. The number of benzene rings is 1. The number of anilines is 1. The van der Waals surface area contributed by atoms with Gasteiger partial charge in [-0.05, 0) is 18.2 Å². The van der Waals surface area contributed by atoms with Crippen molar-refractivity contribution in [2.24, 2.45) is 0 Å². The molecule has 1 saturated heterocycles. The predicted molar refractivity (Wildman–Crippen MR) is 115 cm³/mol. The molecule has 7 nitrogen and oxygen atoms in total. The molecule has 0 bridgehead atoms. The Morgan fingerprint density at radius 2 is 2.00 bits per heavy atom. The lowest BCUT2D eigenvalue weighted by Gasteiger charge is -2.46. The Balaban J connectivity index is 1.71. The summed E-state index contributed by atoms with van der Waals surface area (Å²) in [5.41, 5.74) is 2.02.